The normalized spacial score (nSPS) is 10.0. The topological polar surface area (TPSA) is 30.2 Å². The quantitative estimate of drug-likeness (QED) is 0.661. The van der Waals surface area contributed by atoms with E-state index in [1.165, 1.54) is 17.6 Å². The van der Waals surface area contributed by atoms with Crippen molar-refractivity contribution in [3.8, 4) is 0 Å². The van der Waals surface area contributed by atoms with Crippen LogP contribution in [0.3, 0.4) is 0 Å². The van der Waals surface area contributed by atoms with Crippen molar-refractivity contribution in [2.75, 3.05) is 0 Å². The van der Waals surface area contributed by atoms with Crippen molar-refractivity contribution >= 4 is 17.1 Å². The Morgan fingerprint density at radius 1 is 1.33 bits per heavy atom. The molecule has 0 aliphatic carbocycles. The molecule has 0 radical (unpaired) electrons. The van der Waals surface area contributed by atoms with Crippen LogP contribution in [0.15, 0.2) is 40.3 Å². The number of rotatable bonds is 2. The van der Waals surface area contributed by atoms with Gasteiger partial charge in [0.25, 0.3) is 0 Å². The molecule has 0 saturated heterocycles. The highest BCUT2D eigenvalue weighted by Crippen LogP contribution is 2.14. The number of carbonyl (C=O) groups excluding carboxylic acids is 1. The Hall–Kier alpha value is -1.35. The van der Waals surface area contributed by atoms with Crippen LogP contribution in [0.5, 0.6) is 0 Å². The molecular formula is C9H6O2S. The van der Waals surface area contributed by atoms with E-state index in [2.05, 4.69) is 0 Å². The van der Waals surface area contributed by atoms with Crippen LogP contribution in [0.4, 0.5) is 0 Å². The summed E-state index contributed by atoms with van der Waals surface area (Å²) in [4.78, 5) is 12.2. The Morgan fingerprint density at radius 3 is 2.83 bits per heavy atom. The molecule has 2 aromatic heterocycles. The van der Waals surface area contributed by atoms with E-state index in [1.54, 1.807) is 18.2 Å². The van der Waals surface area contributed by atoms with Crippen LogP contribution in [0.1, 0.15) is 15.4 Å². The van der Waals surface area contributed by atoms with Crippen molar-refractivity contribution in [3.05, 3.63) is 46.5 Å². The minimum Gasteiger partial charge on any atom is -0.461 e. The third-order valence-electron chi connectivity index (χ3n) is 1.49. The van der Waals surface area contributed by atoms with E-state index in [4.69, 9.17) is 4.42 Å². The number of carbonyl (C=O) groups is 1. The molecular weight excluding hydrogens is 172 g/mol. The van der Waals surface area contributed by atoms with Crippen LogP contribution in [-0.4, -0.2) is 5.78 Å². The highest BCUT2D eigenvalue weighted by molar-refractivity contribution is 7.12. The van der Waals surface area contributed by atoms with Crippen LogP contribution in [0.2, 0.25) is 0 Å². The fourth-order valence-corrected chi connectivity index (χ4v) is 1.61. The van der Waals surface area contributed by atoms with Gasteiger partial charge in [-0.3, -0.25) is 4.79 Å². The van der Waals surface area contributed by atoms with Crippen molar-refractivity contribution in [2.45, 2.75) is 0 Å². The van der Waals surface area contributed by atoms with Crippen LogP contribution in [0, 0.1) is 0 Å². The summed E-state index contributed by atoms with van der Waals surface area (Å²) in [7, 11) is 0. The van der Waals surface area contributed by atoms with Crippen molar-refractivity contribution in [3.63, 3.8) is 0 Å². The maximum atomic E-state index is 11.5. The lowest BCUT2D eigenvalue weighted by molar-refractivity contribution is 0.101. The molecule has 0 atom stereocenters. The second kappa shape index (κ2) is 2.95. The summed E-state index contributed by atoms with van der Waals surface area (Å²) in [5.41, 5.74) is 0. The summed E-state index contributed by atoms with van der Waals surface area (Å²) < 4.78 is 4.98. The predicted octanol–water partition coefficient (Wildman–Crippen LogP) is 2.57. The Labute approximate surface area is 73.4 Å². The number of ketones is 1. The first-order valence-corrected chi connectivity index (χ1v) is 4.37. The molecule has 0 N–H and O–H groups in total. The van der Waals surface area contributed by atoms with Crippen LogP contribution in [0.25, 0.3) is 0 Å². The average Bonchev–Trinajstić information content (AvgIpc) is 2.77. The van der Waals surface area contributed by atoms with Gasteiger partial charge in [-0.1, -0.05) is 6.07 Å². The van der Waals surface area contributed by atoms with Crippen molar-refractivity contribution < 1.29 is 9.21 Å². The maximum absolute atomic E-state index is 11.5. The van der Waals surface area contributed by atoms with E-state index in [1.807, 2.05) is 11.4 Å². The van der Waals surface area contributed by atoms with Gasteiger partial charge < -0.3 is 4.42 Å². The highest BCUT2D eigenvalue weighted by Gasteiger charge is 2.11. The van der Waals surface area contributed by atoms with Gasteiger partial charge in [0.15, 0.2) is 5.76 Å². The lowest BCUT2D eigenvalue weighted by Crippen LogP contribution is -1.94. The summed E-state index contributed by atoms with van der Waals surface area (Å²) in [5.74, 6) is 0.354. The predicted molar refractivity (Wildman–Crippen MR) is 46.5 cm³/mol. The first-order valence-electron chi connectivity index (χ1n) is 3.49. The summed E-state index contributed by atoms with van der Waals surface area (Å²) >= 11 is 1.42. The first-order chi connectivity index (χ1) is 5.88. The highest BCUT2D eigenvalue weighted by atomic mass is 32.1. The van der Waals surface area contributed by atoms with Gasteiger partial charge in [0, 0.05) is 0 Å². The van der Waals surface area contributed by atoms with E-state index in [0.717, 1.165) is 0 Å². The Bertz CT molecular complexity index is 323. The second-order valence-corrected chi connectivity index (χ2v) is 3.23. The number of thiophene rings is 1. The third kappa shape index (κ3) is 1.19. The molecule has 0 aromatic carbocycles. The fourth-order valence-electron chi connectivity index (χ4n) is 0.937. The molecule has 0 fully saturated rings. The maximum Gasteiger partial charge on any atom is 0.238 e. The van der Waals surface area contributed by atoms with E-state index < -0.39 is 0 Å². The zero-order valence-electron chi connectivity index (χ0n) is 6.19. The smallest absolute Gasteiger partial charge is 0.238 e. The average molecular weight is 178 g/mol. The summed E-state index contributed by atoms with van der Waals surface area (Å²) in [5, 5.41) is 1.87. The van der Waals surface area contributed by atoms with Gasteiger partial charge in [-0.25, -0.2) is 0 Å². The molecule has 0 aliphatic heterocycles. The fraction of sp³-hybridized carbons (Fsp3) is 0. The second-order valence-electron chi connectivity index (χ2n) is 2.28. The van der Waals surface area contributed by atoms with Crippen LogP contribution < -0.4 is 0 Å². The van der Waals surface area contributed by atoms with E-state index in [0.29, 0.717) is 10.6 Å². The number of hydrogen-bond donors (Lipinski definition) is 0. The molecule has 60 valence electrons. The molecule has 0 aliphatic rings. The minimum atomic E-state index is -0.0463. The standard InChI is InChI=1S/C9H6O2S/c10-9(7-3-1-5-11-7)8-4-2-6-12-8/h1-6H. The monoisotopic (exact) mass is 178 g/mol. The Kier molecular flexibility index (Phi) is 1.80. The molecule has 0 amide bonds. The lowest BCUT2D eigenvalue weighted by Gasteiger charge is -1.89. The molecule has 0 saturated carbocycles. The van der Waals surface area contributed by atoms with Gasteiger partial charge in [0.1, 0.15) is 0 Å². The van der Waals surface area contributed by atoms with Crippen LogP contribution >= 0.6 is 11.3 Å². The third-order valence-corrected chi connectivity index (χ3v) is 2.36. The van der Waals surface area contributed by atoms with Crippen molar-refractivity contribution in [1.82, 2.24) is 0 Å². The SMILES string of the molecule is O=C(c1ccco1)c1cccs1. The molecule has 3 heteroatoms. The summed E-state index contributed by atoms with van der Waals surface area (Å²) in [6, 6.07) is 7.01. The largest absolute Gasteiger partial charge is 0.461 e. The van der Waals surface area contributed by atoms with Gasteiger partial charge in [-0.2, -0.15) is 0 Å². The zero-order valence-corrected chi connectivity index (χ0v) is 7.01. The number of furan rings is 1. The molecule has 2 nitrogen and oxygen atoms in total. The lowest BCUT2D eigenvalue weighted by atomic mass is 10.2. The van der Waals surface area contributed by atoms with Gasteiger partial charge in [0.2, 0.25) is 5.78 Å². The number of hydrogen-bond acceptors (Lipinski definition) is 3. The molecule has 12 heavy (non-hydrogen) atoms. The molecule has 2 heterocycles. The molecule has 0 bridgehead atoms. The molecule has 0 unspecified atom stereocenters. The van der Waals surface area contributed by atoms with E-state index in [9.17, 15) is 4.79 Å². The van der Waals surface area contributed by atoms with E-state index >= 15 is 0 Å². The molecule has 2 rings (SSSR count). The van der Waals surface area contributed by atoms with Gasteiger partial charge in [-0.15, -0.1) is 11.3 Å². The van der Waals surface area contributed by atoms with Crippen molar-refractivity contribution in [2.24, 2.45) is 0 Å². The van der Waals surface area contributed by atoms with Crippen molar-refractivity contribution in [1.29, 1.82) is 0 Å². The Balaban J connectivity index is 2.34. The first kappa shape index (κ1) is 7.31. The van der Waals surface area contributed by atoms with E-state index in [-0.39, 0.29) is 5.78 Å². The minimum absolute atomic E-state index is 0.0463. The molecule has 2 aromatic rings. The Morgan fingerprint density at radius 2 is 2.25 bits per heavy atom. The zero-order chi connectivity index (χ0) is 8.39. The summed E-state index contributed by atoms with van der Waals surface area (Å²) in [6.07, 6.45) is 1.50. The molecule has 0 spiro atoms. The van der Waals surface area contributed by atoms with Gasteiger partial charge >= 0.3 is 0 Å². The summed E-state index contributed by atoms with van der Waals surface area (Å²) in [6.45, 7) is 0. The van der Waals surface area contributed by atoms with Gasteiger partial charge in [0.05, 0.1) is 11.1 Å². The van der Waals surface area contributed by atoms with Gasteiger partial charge in [-0.05, 0) is 23.6 Å². The van der Waals surface area contributed by atoms with Crippen LogP contribution in [-0.2, 0) is 0 Å².